The molecule has 0 unspecified atom stereocenters. The number of nitrogens with one attached hydrogen (secondary N) is 3. The topological polar surface area (TPSA) is 70.2 Å². The average molecular weight is 337 g/mol. The first-order valence-electron chi connectivity index (χ1n) is 7.71. The molecule has 1 rings (SSSR count). The number of benzene rings is 1. The molecule has 0 aromatic heterocycles. The van der Waals surface area contributed by atoms with E-state index in [0.717, 1.165) is 10.5 Å². The van der Waals surface area contributed by atoms with Gasteiger partial charge in [-0.1, -0.05) is 39.0 Å². The van der Waals surface area contributed by atoms with E-state index < -0.39 is 5.41 Å². The molecule has 23 heavy (non-hydrogen) atoms. The van der Waals surface area contributed by atoms with Gasteiger partial charge >= 0.3 is 6.03 Å². The minimum Gasteiger partial charge on any atom is -0.354 e. The normalized spacial score (nSPS) is 12.4. The van der Waals surface area contributed by atoms with Gasteiger partial charge in [-0.15, -0.1) is 11.8 Å². The van der Waals surface area contributed by atoms with Crippen molar-refractivity contribution in [1.29, 1.82) is 0 Å². The largest absolute Gasteiger partial charge is 0.354 e. The van der Waals surface area contributed by atoms with Crippen LogP contribution in [0.3, 0.4) is 0 Å². The van der Waals surface area contributed by atoms with Crippen molar-refractivity contribution in [3.05, 3.63) is 29.8 Å². The molecule has 5 nitrogen and oxygen atoms in total. The Morgan fingerprint density at radius 2 is 1.74 bits per heavy atom. The molecule has 0 aliphatic rings. The summed E-state index contributed by atoms with van der Waals surface area (Å²) in [6.45, 7) is 8.33. The number of rotatable bonds is 6. The fraction of sp³-hybridized carbons (Fsp3) is 0.529. The van der Waals surface area contributed by atoms with E-state index >= 15 is 0 Å². The fourth-order valence-electron chi connectivity index (χ4n) is 1.97. The van der Waals surface area contributed by atoms with Crippen molar-refractivity contribution in [2.45, 2.75) is 38.6 Å². The van der Waals surface area contributed by atoms with E-state index in [9.17, 15) is 9.59 Å². The number of urea groups is 1. The van der Waals surface area contributed by atoms with Gasteiger partial charge in [-0.3, -0.25) is 4.79 Å². The van der Waals surface area contributed by atoms with Gasteiger partial charge in [0.05, 0.1) is 6.04 Å². The smallest absolute Gasteiger partial charge is 0.315 e. The number of carbonyl (C=O) groups excluding carboxylic acids is 2. The van der Waals surface area contributed by atoms with Crippen molar-refractivity contribution >= 4 is 23.7 Å². The van der Waals surface area contributed by atoms with Crippen molar-refractivity contribution in [3.63, 3.8) is 0 Å². The molecule has 1 aromatic rings. The minimum absolute atomic E-state index is 0.0259. The summed E-state index contributed by atoms with van der Waals surface area (Å²) in [6.07, 6.45) is 2.02. The summed E-state index contributed by atoms with van der Waals surface area (Å²) < 4.78 is 0. The Bertz CT molecular complexity index is 541. The number of amides is 3. The van der Waals surface area contributed by atoms with Gasteiger partial charge in [0.15, 0.2) is 0 Å². The van der Waals surface area contributed by atoms with Crippen LogP contribution in [-0.2, 0) is 4.79 Å². The highest BCUT2D eigenvalue weighted by molar-refractivity contribution is 7.98. The van der Waals surface area contributed by atoms with Crippen LogP contribution in [-0.4, -0.2) is 31.3 Å². The van der Waals surface area contributed by atoms with Crippen LogP contribution in [0.1, 0.15) is 39.3 Å². The van der Waals surface area contributed by atoms with Gasteiger partial charge in [-0.2, -0.15) is 0 Å². The SMILES string of the molecule is CSc1ccccc1[C@@H](C)NC(=O)NCCNC(=O)C(C)(C)C. The van der Waals surface area contributed by atoms with Crippen LogP contribution in [0.25, 0.3) is 0 Å². The quantitative estimate of drug-likeness (QED) is 0.552. The zero-order chi connectivity index (χ0) is 17.5. The summed E-state index contributed by atoms with van der Waals surface area (Å²) in [7, 11) is 0. The summed E-state index contributed by atoms with van der Waals surface area (Å²) in [5.74, 6) is -0.0259. The third-order valence-corrected chi connectivity index (χ3v) is 4.14. The molecule has 6 heteroatoms. The van der Waals surface area contributed by atoms with Crippen LogP contribution in [0.2, 0.25) is 0 Å². The molecule has 0 fully saturated rings. The summed E-state index contributed by atoms with van der Waals surface area (Å²) in [5.41, 5.74) is 0.675. The third kappa shape index (κ3) is 6.52. The van der Waals surface area contributed by atoms with Crippen LogP contribution in [0.5, 0.6) is 0 Å². The maximum Gasteiger partial charge on any atom is 0.315 e. The second kappa shape index (κ2) is 8.82. The number of hydrogen-bond acceptors (Lipinski definition) is 3. The fourth-order valence-corrected chi connectivity index (χ4v) is 2.66. The number of thioether (sulfide) groups is 1. The molecule has 0 aliphatic carbocycles. The van der Waals surface area contributed by atoms with Gasteiger partial charge in [0.25, 0.3) is 0 Å². The van der Waals surface area contributed by atoms with Crippen LogP contribution >= 0.6 is 11.8 Å². The maximum absolute atomic E-state index is 11.9. The molecule has 0 bridgehead atoms. The van der Waals surface area contributed by atoms with Gasteiger partial charge in [0.2, 0.25) is 5.91 Å². The van der Waals surface area contributed by atoms with Crippen LogP contribution < -0.4 is 16.0 Å². The first kappa shape index (κ1) is 19.4. The molecule has 0 heterocycles. The molecule has 0 aliphatic heterocycles. The van der Waals surface area contributed by atoms with E-state index in [0.29, 0.717) is 13.1 Å². The van der Waals surface area contributed by atoms with Gasteiger partial charge in [-0.25, -0.2) is 4.79 Å². The molecular weight excluding hydrogens is 310 g/mol. The molecular formula is C17H27N3O2S. The number of carbonyl (C=O) groups is 2. The van der Waals surface area contributed by atoms with E-state index in [1.54, 1.807) is 11.8 Å². The molecule has 0 radical (unpaired) electrons. The Labute approximate surface area is 143 Å². The highest BCUT2D eigenvalue weighted by atomic mass is 32.2. The molecule has 1 atom stereocenters. The summed E-state index contributed by atoms with van der Waals surface area (Å²) in [4.78, 5) is 24.8. The van der Waals surface area contributed by atoms with Crippen molar-refractivity contribution in [3.8, 4) is 0 Å². The zero-order valence-corrected chi connectivity index (χ0v) is 15.3. The molecule has 0 spiro atoms. The molecule has 3 N–H and O–H groups in total. The maximum atomic E-state index is 11.9. The van der Waals surface area contributed by atoms with Crippen LogP contribution in [0, 0.1) is 5.41 Å². The molecule has 0 saturated heterocycles. The van der Waals surface area contributed by atoms with Crippen LogP contribution in [0.15, 0.2) is 29.2 Å². The monoisotopic (exact) mass is 337 g/mol. The Kier molecular flexibility index (Phi) is 7.42. The second-order valence-corrected chi connectivity index (χ2v) is 7.22. The lowest BCUT2D eigenvalue weighted by molar-refractivity contribution is -0.128. The van der Waals surface area contributed by atoms with Crippen molar-refractivity contribution in [2.24, 2.45) is 5.41 Å². The minimum atomic E-state index is -0.418. The number of hydrogen-bond donors (Lipinski definition) is 3. The van der Waals surface area contributed by atoms with E-state index in [2.05, 4.69) is 16.0 Å². The van der Waals surface area contributed by atoms with Gasteiger partial charge in [0.1, 0.15) is 0 Å². The van der Waals surface area contributed by atoms with Gasteiger partial charge < -0.3 is 16.0 Å². The van der Waals surface area contributed by atoms with Crippen molar-refractivity contribution in [1.82, 2.24) is 16.0 Å². The summed E-state index contributed by atoms with van der Waals surface area (Å²) >= 11 is 1.66. The Morgan fingerprint density at radius 1 is 1.13 bits per heavy atom. The Balaban J connectivity index is 2.38. The predicted octanol–water partition coefficient (Wildman–Crippen LogP) is 2.93. The van der Waals surface area contributed by atoms with Gasteiger partial charge in [-0.05, 0) is 24.8 Å². The Morgan fingerprint density at radius 3 is 2.35 bits per heavy atom. The zero-order valence-electron chi connectivity index (χ0n) is 14.5. The molecule has 128 valence electrons. The molecule has 3 amide bonds. The highest BCUT2D eigenvalue weighted by Gasteiger charge is 2.20. The second-order valence-electron chi connectivity index (χ2n) is 6.37. The van der Waals surface area contributed by atoms with Crippen molar-refractivity contribution < 1.29 is 9.59 Å². The lowest BCUT2D eigenvalue weighted by Gasteiger charge is -2.19. The van der Waals surface area contributed by atoms with E-state index in [1.807, 2.05) is 58.2 Å². The molecule has 1 aromatic carbocycles. The van der Waals surface area contributed by atoms with E-state index in [-0.39, 0.29) is 18.0 Å². The lowest BCUT2D eigenvalue weighted by atomic mass is 9.96. The lowest BCUT2D eigenvalue weighted by Crippen LogP contribution is -2.43. The summed E-state index contributed by atoms with van der Waals surface area (Å²) in [6, 6.07) is 7.69. The van der Waals surface area contributed by atoms with Gasteiger partial charge in [0, 0.05) is 23.4 Å². The first-order valence-corrected chi connectivity index (χ1v) is 8.93. The van der Waals surface area contributed by atoms with Crippen LogP contribution in [0.4, 0.5) is 4.79 Å². The average Bonchev–Trinajstić information content (AvgIpc) is 2.50. The third-order valence-electron chi connectivity index (χ3n) is 3.33. The standard InChI is InChI=1S/C17H27N3O2S/c1-12(13-8-6-7-9-14(13)23-5)20-16(22)19-11-10-18-15(21)17(2,3)4/h6-9,12H,10-11H2,1-5H3,(H,18,21)(H2,19,20,22)/t12-/m1/s1. The predicted molar refractivity (Wildman–Crippen MR) is 95.6 cm³/mol. The first-order chi connectivity index (χ1) is 10.8. The van der Waals surface area contributed by atoms with E-state index in [1.165, 1.54) is 0 Å². The van der Waals surface area contributed by atoms with Crippen molar-refractivity contribution in [2.75, 3.05) is 19.3 Å². The highest BCUT2D eigenvalue weighted by Crippen LogP contribution is 2.25. The molecule has 0 saturated carbocycles. The Hall–Kier alpha value is -1.69. The summed E-state index contributed by atoms with van der Waals surface area (Å²) in [5, 5.41) is 8.47. The van der Waals surface area contributed by atoms with E-state index in [4.69, 9.17) is 0 Å².